The number of fused-ring (bicyclic) bond motifs is 2. The van der Waals surface area contributed by atoms with Gasteiger partial charge >= 0.3 is 0 Å². The normalized spacial score (nSPS) is 14.0. The van der Waals surface area contributed by atoms with Gasteiger partial charge in [-0.25, -0.2) is 0 Å². The molecule has 23 heavy (non-hydrogen) atoms. The van der Waals surface area contributed by atoms with Gasteiger partial charge in [-0.3, -0.25) is 4.79 Å². The fourth-order valence-electron chi connectivity index (χ4n) is 2.69. The molecule has 0 spiro atoms. The first-order chi connectivity index (χ1) is 11.2. The second-order valence-electron chi connectivity index (χ2n) is 5.27. The van der Waals surface area contributed by atoms with E-state index in [9.17, 15) is 4.79 Å². The number of furan rings is 1. The highest BCUT2D eigenvalue weighted by Crippen LogP contribution is 2.29. The van der Waals surface area contributed by atoms with E-state index in [0.717, 1.165) is 16.5 Å². The van der Waals surface area contributed by atoms with Gasteiger partial charge in [0.05, 0.1) is 18.8 Å². The summed E-state index contributed by atoms with van der Waals surface area (Å²) in [6.07, 6.45) is 0.633. The predicted octanol–water partition coefficient (Wildman–Crippen LogP) is 3.08. The number of benzene rings is 1. The average Bonchev–Trinajstić information content (AvgIpc) is 3.13. The number of aromatic nitrogens is 1. The minimum Gasteiger partial charge on any atom is -0.444 e. The summed E-state index contributed by atoms with van der Waals surface area (Å²) in [6.45, 7) is 1.17. The van der Waals surface area contributed by atoms with E-state index in [0.29, 0.717) is 31.0 Å². The molecule has 0 saturated carbocycles. The third-order valence-electron chi connectivity index (χ3n) is 3.88. The molecular formula is C16H13ClN2O4. The largest absolute Gasteiger partial charge is 0.444 e. The lowest BCUT2D eigenvalue weighted by atomic mass is 10.1. The van der Waals surface area contributed by atoms with Crippen LogP contribution in [0.15, 0.2) is 33.2 Å². The summed E-state index contributed by atoms with van der Waals surface area (Å²) in [4.78, 5) is 12.4. The average molecular weight is 333 g/mol. The monoisotopic (exact) mass is 332 g/mol. The summed E-state index contributed by atoms with van der Waals surface area (Å²) >= 11 is 6.12. The summed E-state index contributed by atoms with van der Waals surface area (Å²) in [5, 5.41) is 7.82. The minimum absolute atomic E-state index is 0.247. The third-order valence-corrected chi connectivity index (χ3v) is 4.18. The fraction of sp³-hybridized carbons (Fsp3) is 0.250. The number of amides is 1. The van der Waals surface area contributed by atoms with Crippen molar-refractivity contribution >= 4 is 28.5 Å². The Morgan fingerprint density at radius 1 is 1.35 bits per heavy atom. The quantitative estimate of drug-likeness (QED) is 0.797. The number of hydrogen-bond acceptors (Lipinski definition) is 5. The Hall–Kier alpha value is -2.31. The van der Waals surface area contributed by atoms with Gasteiger partial charge in [0.1, 0.15) is 11.3 Å². The standard InChI is InChI=1S/C16H13ClN2O4/c17-15-10(9-3-1-2-4-12(9)22-15)7-18-16(20)14-11-8-21-6-5-13(11)23-19-14/h1-4H,5-8H2,(H,18,20). The van der Waals surface area contributed by atoms with Gasteiger partial charge in [0.15, 0.2) is 10.9 Å². The van der Waals surface area contributed by atoms with Gasteiger partial charge in [-0.1, -0.05) is 23.4 Å². The van der Waals surface area contributed by atoms with Crippen molar-refractivity contribution < 1.29 is 18.5 Å². The molecule has 2 aromatic heterocycles. The molecule has 0 radical (unpaired) electrons. The molecule has 7 heteroatoms. The van der Waals surface area contributed by atoms with Crippen LogP contribution in [-0.4, -0.2) is 17.7 Å². The summed E-state index contributed by atoms with van der Waals surface area (Å²) in [7, 11) is 0. The van der Waals surface area contributed by atoms with E-state index in [2.05, 4.69) is 10.5 Å². The Bertz CT molecular complexity index is 883. The molecule has 0 aliphatic carbocycles. The number of carbonyl (C=O) groups is 1. The molecule has 3 heterocycles. The molecule has 0 saturated heterocycles. The van der Waals surface area contributed by atoms with Crippen molar-refractivity contribution in [3.8, 4) is 0 Å². The summed E-state index contributed by atoms with van der Waals surface area (Å²) < 4.78 is 16.0. The molecule has 1 amide bonds. The Labute approximate surface area is 136 Å². The van der Waals surface area contributed by atoms with Crippen molar-refractivity contribution in [1.82, 2.24) is 10.5 Å². The number of rotatable bonds is 3. The van der Waals surface area contributed by atoms with Crippen LogP contribution in [-0.2, 0) is 24.3 Å². The number of nitrogens with one attached hydrogen (secondary N) is 1. The molecule has 0 unspecified atom stereocenters. The number of nitrogens with zero attached hydrogens (tertiary/aromatic N) is 1. The van der Waals surface area contributed by atoms with Gasteiger partial charge in [-0.05, 0) is 17.7 Å². The van der Waals surface area contributed by atoms with Gasteiger partial charge < -0.3 is 19.0 Å². The zero-order chi connectivity index (χ0) is 15.8. The van der Waals surface area contributed by atoms with E-state index in [1.54, 1.807) is 0 Å². The topological polar surface area (TPSA) is 77.5 Å². The van der Waals surface area contributed by atoms with Crippen LogP contribution in [0.5, 0.6) is 0 Å². The van der Waals surface area contributed by atoms with Crippen LogP contribution in [0.2, 0.25) is 5.22 Å². The number of para-hydroxylation sites is 1. The minimum atomic E-state index is -0.318. The molecule has 1 aliphatic rings. The van der Waals surface area contributed by atoms with Gasteiger partial charge in [-0.2, -0.15) is 0 Å². The molecule has 1 N–H and O–H groups in total. The highest BCUT2D eigenvalue weighted by atomic mass is 35.5. The van der Waals surface area contributed by atoms with E-state index >= 15 is 0 Å². The summed E-state index contributed by atoms with van der Waals surface area (Å²) in [6, 6.07) is 7.49. The number of hydrogen-bond donors (Lipinski definition) is 1. The molecule has 118 valence electrons. The van der Waals surface area contributed by atoms with Crippen LogP contribution in [0, 0.1) is 0 Å². The third kappa shape index (κ3) is 2.50. The first-order valence-corrected chi connectivity index (χ1v) is 7.61. The van der Waals surface area contributed by atoms with E-state index in [4.69, 9.17) is 25.3 Å². The first kappa shape index (κ1) is 14.3. The lowest BCUT2D eigenvalue weighted by Gasteiger charge is -2.10. The van der Waals surface area contributed by atoms with Crippen LogP contribution in [0.4, 0.5) is 0 Å². The molecule has 1 aliphatic heterocycles. The van der Waals surface area contributed by atoms with Crippen LogP contribution < -0.4 is 5.32 Å². The fourth-order valence-corrected chi connectivity index (χ4v) is 2.94. The molecule has 3 aromatic rings. The SMILES string of the molecule is O=C(NCc1c(Cl)oc2ccccc12)c1noc2c1COCC2. The van der Waals surface area contributed by atoms with Crippen molar-refractivity contribution in [3.05, 3.63) is 52.1 Å². The van der Waals surface area contributed by atoms with Gasteiger partial charge in [0.25, 0.3) is 5.91 Å². The molecule has 4 rings (SSSR count). The Kier molecular flexibility index (Phi) is 3.55. The summed E-state index contributed by atoms with van der Waals surface area (Å²) in [5.74, 6) is 0.398. The maximum atomic E-state index is 12.4. The lowest BCUT2D eigenvalue weighted by Crippen LogP contribution is -2.25. The van der Waals surface area contributed by atoms with Crippen molar-refractivity contribution in [2.45, 2.75) is 19.6 Å². The van der Waals surface area contributed by atoms with Crippen molar-refractivity contribution in [2.75, 3.05) is 6.61 Å². The zero-order valence-electron chi connectivity index (χ0n) is 12.1. The van der Waals surface area contributed by atoms with Crippen LogP contribution in [0.1, 0.15) is 27.4 Å². The molecule has 0 fully saturated rings. The maximum Gasteiger partial charge on any atom is 0.274 e. The zero-order valence-corrected chi connectivity index (χ0v) is 12.9. The van der Waals surface area contributed by atoms with Crippen LogP contribution >= 0.6 is 11.6 Å². The maximum absolute atomic E-state index is 12.4. The second kappa shape index (κ2) is 5.72. The Morgan fingerprint density at radius 3 is 3.13 bits per heavy atom. The van der Waals surface area contributed by atoms with Gasteiger partial charge in [-0.15, -0.1) is 0 Å². The Balaban J connectivity index is 1.55. The predicted molar refractivity (Wildman–Crippen MR) is 82.3 cm³/mol. The number of carbonyl (C=O) groups excluding carboxylic acids is 1. The molecule has 6 nitrogen and oxygen atoms in total. The van der Waals surface area contributed by atoms with Gasteiger partial charge in [0.2, 0.25) is 0 Å². The van der Waals surface area contributed by atoms with Crippen molar-refractivity contribution in [1.29, 1.82) is 0 Å². The lowest BCUT2D eigenvalue weighted by molar-refractivity contribution is 0.0921. The molecule has 0 atom stereocenters. The molecule has 1 aromatic carbocycles. The number of ether oxygens (including phenoxy) is 1. The first-order valence-electron chi connectivity index (χ1n) is 7.23. The molecule has 0 bridgehead atoms. The van der Waals surface area contributed by atoms with Crippen molar-refractivity contribution in [3.63, 3.8) is 0 Å². The van der Waals surface area contributed by atoms with Crippen LogP contribution in [0.3, 0.4) is 0 Å². The molecular weight excluding hydrogens is 320 g/mol. The van der Waals surface area contributed by atoms with Crippen LogP contribution in [0.25, 0.3) is 11.0 Å². The van der Waals surface area contributed by atoms with Crippen molar-refractivity contribution in [2.24, 2.45) is 0 Å². The second-order valence-corrected chi connectivity index (χ2v) is 5.61. The van der Waals surface area contributed by atoms with E-state index in [1.807, 2.05) is 24.3 Å². The highest BCUT2D eigenvalue weighted by molar-refractivity contribution is 6.30. The van der Waals surface area contributed by atoms with E-state index < -0.39 is 0 Å². The Morgan fingerprint density at radius 2 is 2.22 bits per heavy atom. The van der Waals surface area contributed by atoms with E-state index in [1.165, 1.54) is 0 Å². The smallest absolute Gasteiger partial charge is 0.274 e. The number of halogens is 1. The highest BCUT2D eigenvalue weighted by Gasteiger charge is 2.24. The van der Waals surface area contributed by atoms with E-state index in [-0.39, 0.29) is 23.4 Å². The van der Waals surface area contributed by atoms with Gasteiger partial charge in [0, 0.05) is 23.9 Å². The summed E-state index contributed by atoms with van der Waals surface area (Å²) in [5.41, 5.74) is 2.42.